The topological polar surface area (TPSA) is 127 Å². The van der Waals surface area contributed by atoms with Crippen molar-refractivity contribution in [2.24, 2.45) is 0 Å². The number of nitrogens with one attached hydrogen (secondary N) is 2. The third kappa shape index (κ3) is 2.99. The van der Waals surface area contributed by atoms with E-state index in [1.54, 1.807) is 12.4 Å². The zero-order chi connectivity index (χ0) is 19.0. The summed E-state index contributed by atoms with van der Waals surface area (Å²) in [6.45, 7) is 0. The van der Waals surface area contributed by atoms with Gasteiger partial charge in [0.15, 0.2) is 12.4 Å². The quantitative estimate of drug-likeness (QED) is 0.413. The summed E-state index contributed by atoms with van der Waals surface area (Å²) in [5, 5.41) is 28.4. The van der Waals surface area contributed by atoms with Crippen LogP contribution < -0.4 is 15.2 Å². The minimum Gasteiger partial charge on any atom is -0.307 e. The Morgan fingerprint density at radius 2 is 1.33 bits per heavy atom. The molecule has 0 radical (unpaired) electrons. The molecule has 27 heavy (non-hydrogen) atoms. The fourth-order valence-electron chi connectivity index (χ4n) is 2.93. The van der Waals surface area contributed by atoms with Crippen molar-refractivity contribution < 1.29 is 14.4 Å². The van der Waals surface area contributed by atoms with Crippen molar-refractivity contribution in [2.75, 3.05) is 10.6 Å². The van der Waals surface area contributed by atoms with E-state index in [9.17, 15) is 20.2 Å². The van der Waals surface area contributed by atoms with E-state index in [-0.39, 0.29) is 0 Å². The molecule has 0 saturated heterocycles. The normalized spacial score (nSPS) is 12.7. The maximum Gasteiger partial charge on any atom is 0.348 e. The number of hydrogen-bond donors (Lipinski definition) is 2. The Morgan fingerprint density at radius 1 is 0.852 bits per heavy atom. The number of hydrogen-bond acceptors (Lipinski definition) is 7. The van der Waals surface area contributed by atoms with Crippen molar-refractivity contribution >= 4 is 22.7 Å². The van der Waals surface area contributed by atoms with Gasteiger partial charge in [-0.3, -0.25) is 25.2 Å². The third-order valence-electron chi connectivity index (χ3n) is 4.26. The molecule has 1 aromatic carbocycles. The number of fused-ring (bicyclic) bond motifs is 1. The van der Waals surface area contributed by atoms with E-state index in [4.69, 9.17) is 0 Å². The zero-order valence-electron chi connectivity index (χ0n) is 13.8. The summed E-state index contributed by atoms with van der Waals surface area (Å²) in [6, 6.07) is 10.00. The number of nitro benzene ring substituents is 2. The number of nitro groups is 2. The van der Waals surface area contributed by atoms with Gasteiger partial charge in [-0.05, 0) is 23.3 Å². The van der Waals surface area contributed by atoms with Gasteiger partial charge in [-0.25, -0.2) is 0 Å². The molecule has 0 saturated carbocycles. The van der Waals surface area contributed by atoms with Gasteiger partial charge in [-0.2, -0.15) is 4.57 Å². The van der Waals surface area contributed by atoms with Gasteiger partial charge in [-0.1, -0.05) is 0 Å². The first kappa shape index (κ1) is 16.4. The second kappa shape index (κ2) is 6.33. The highest BCUT2D eigenvalue weighted by atomic mass is 16.6. The highest BCUT2D eigenvalue weighted by Gasteiger charge is 2.33. The van der Waals surface area contributed by atoms with E-state index in [2.05, 4.69) is 15.6 Å². The van der Waals surface area contributed by atoms with Crippen LogP contribution in [0.3, 0.4) is 0 Å². The van der Waals surface area contributed by atoms with Crippen LogP contribution in [0.25, 0.3) is 11.1 Å². The Bertz CT molecular complexity index is 996. The molecule has 1 aliphatic rings. The molecule has 10 heteroatoms. The van der Waals surface area contributed by atoms with E-state index >= 15 is 0 Å². The SMILES string of the molecule is O=[N+]([O-])c1cc2c(cc1[N+](=O)[O-])NC([n+]1ccc(-c3ccncc3)cc1)N2. The van der Waals surface area contributed by atoms with Crippen LogP contribution in [-0.4, -0.2) is 14.8 Å². The second-order valence-electron chi connectivity index (χ2n) is 5.86. The fourth-order valence-corrected chi connectivity index (χ4v) is 2.93. The van der Waals surface area contributed by atoms with Gasteiger partial charge in [0.1, 0.15) is 0 Å². The van der Waals surface area contributed by atoms with Crippen LogP contribution in [0.1, 0.15) is 6.29 Å². The van der Waals surface area contributed by atoms with Crippen LogP contribution in [0.4, 0.5) is 22.7 Å². The summed E-state index contributed by atoms with van der Waals surface area (Å²) in [7, 11) is 0. The second-order valence-corrected chi connectivity index (χ2v) is 5.86. The maximum atomic E-state index is 11.1. The Labute approximate surface area is 152 Å². The maximum absolute atomic E-state index is 11.1. The van der Waals surface area contributed by atoms with Gasteiger partial charge in [0, 0.05) is 36.7 Å². The lowest BCUT2D eigenvalue weighted by Gasteiger charge is -2.07. The summed E-state index contributed by atoms with van der Waals surface area (Å²) < 4.78 is 1.82. The molecule has 0 spiro atoms. The number of aromatic nitrogens is 2. The Morgan fingerprint density at radius 3 is 1.81 bits per heavy atom. The summed E-state index contributed by atoms with van der Waals surface area (Å²) in [5.41, 5.74) is 1.80. The smallest absolute Gasteiger partial charge is 0.307 e. The molecule has 3 aromatic rings. The largest absolute Gasteiger partial charge is 0.348 e. The summed E-state index contributed by atoms with van der Waals surface area (Å²) in [6.07, 6.45) is 6.69. The minimum atomic E-state index is -0.760. The van der Waals surface area contributed by atoms with Crippen molar-refractivity contribution in [2.45, 2.75) is 6.29 Å². The molecular formula is C17H13N6O4+. The van der Waals surface area contributed by atoms with Crippen molar-refractivity contribution in [3.05, 3.63) is 81.4 Å². The van der Waals surface area contributed by atoms with Gasteiger partial charge < -0.3 is 10.6 Å². The van der Waals surface area contributed by atoms with E-state index in [0.717, 1.165) is 11.1 Å². The molecule has 0 unspecified atom stereocenters. The monoisotopic (exact) mass is 365 g/mol. The van der Waals surface area contributed by atoms with Gasteiger partial charge >= 0.3 is 17.7 Å². The minimum absolute atomic E-state index is 0.423. The molecule has 10 nitrogen and oxygen atoms in total. The van der Waals surface area contributed by atoms with Crippen molar-refractivity contribution in [1.29, 1.82) is 0 Å². The number of nitrogens with zero attached hydrogens (tertiary/aromatic N) is 4. The average molecular weight is 365 g/mol. The van der Waals surface area contributed by atoms with Crippen molar-refractivity contribution in [3.8, 4) is 11.1 Å². The number of rotatable bonds is 4. The van der Waals surface area contributed by atoms with Crippen LogP contribution in [0, 0.1) is 20.2 Å². The number of anilines is 2. The van der Waals surface area contributed by atoms with Crippen LogP contribution in [0.2, 0.25) is 0 Å². The predicted molar refractivity (Wildman–Crippen MR) is 95.9 cm³/mol. The van der Waals surface area contributed by atoms with Gasteiger partial charge in [0.05, 0.1) is 21.2 Å². The summed E-state index contributed by atoms with van der Waals surface area (Å²) >= 11 is 0. The van der Waals surface area contributed by atoms with Crippen molar-refractivity contribution in [3.63, 3.8) is 0 Å². The van der Waals surface area contributed by atoms with Crippen LogP contribution in [0.15, 0.2) is 61.2 Å². The van der Waals surface area contributed by atoms with Gasteiger partial charge in [-0.15, -0.1) is 0 Å². The lowest BCUT2D eigenvalue weighted by atomic mass is 10.1. The molecule has 0 amide bonds. The highest BCUT2D eigenvalue weighted by Crippen LogP contribution is 2.40. The first-order valence-corrected chi connectivity index (χ1v) is 7.94. The first-order chi connectivity index (χ1) is 13.0. The Hall–Kier alpha value is -4.08. The van der Waals surface area contributed by atoms with Crippen molar-refractivity contribution in [1.82, 2.24) is 4.98 Å². The zero-order valence-corrected chi connectivity index (χ0v) is 13.8. The molecule has 3 heterocycles. The predicted octanol–water partition coefficient (Wildman–Crippen LogP) is 2.85. The van der Waals surface area contributed by atoms with E-state index in [0.29, 0.717) is 11.4 Å². The average Bonchev–Trinajstić information content (AvgIpc) is 3.11. The molecule has 0 bridgehead atoms. The molecule has 134 valence electrons. The van der Waals surface area contributed by atoms with Crippen LogP contribution >= 0.6 is 0 Å². The molecule has 4 rings (SSSR count). The van der Waals surface area contributed by atoms with Crippen LogP contribution in [-0.2, 0) is 0 Å². The number of pyridine rings is 2. The molecule has 0 fully saturated rings. The first-order valence-electron chi connectivity index (χ1n) is 7.94. The van der Waals surface area contributed by atoms with E-state index in [1.165, 1.54) is 12.1 Å². The summed E-state index contributed by atoms with van der Waals surface area (Å²) in [5.74, 6) is 0. The molecule has 1 aliphatic heterocycles. The van der Waals surface area contributed by atoms with Gasteiger partial charge in [0.2, 0.25) is 0 Å². The number of benzene rings is 1. The lowest BCUT2D eigenvalue weighted by molar-refractivity contribution is -0.710. The highest BCUT2D eigenvalue weighted by molar-refractivity contribution is 5.80. The Kier molecular flexibility index (Phi) is 3.84. The Balaban J connectivity index is 1.61. The summed E-state index contributed by atoms with van der Waals surface area (Å²) in [4.78, 5) is 24.7. The van der Waals surface area contributed by atoms with Gasteiger partial charge in [0.25, 0.3) is 0 Å². The molecule has 0 aliphatic carbocycles. The third-order valence-corrected chi connectivity index (χ3v) is 4.26. The van der Waals surface area contributed by atoms with Crippen LogP contribution in [0.5, 0.6) is 0 Å². The molecule has 2 N–H and O–H groups in total. The van der Waals surface area contributed by atoms with E-state index in [1.807, 2.05) is 41.2 Å². The van der Waals surface area contributed by atoms with E-state index < -0.39 is 27.5 Å². The lowest BCUT2D eigenvalue weighted by Crippen LogP contribution is -2.45. The molecule has 0 atom stereocenters. The fraction of sp³-hybridized carbons (Fsp3) is 0.0588. The molecular weight excluding hydrogens is 352 g/mol. The standard InChI is InChI=1S/C17H12N6O4/c24-22(25)15-9-13-14(10-16(15)23(26)27)20-17(19-13)21-7-3-12(4-8-21)11-1-5-18-6-2-11/h1-10,17-18H/p+1. The molecule has 2 aromatic heterocycles.